The maximum absolute atomic E-state index is 9.82. The quantitative estimate of drug-likeness (QED) is 0.684. The molecular formula is C23H22N2. The van der Waals surface area contributed by atoms with Crippen molar-refractivity contribution in [2.24, 2.45) is 0 Å². The summed E-state index contributed by atoms with van der Waals surface area (Å²) in [5.74, 6) is 0. The molecule has 0 aromatic heterocycles. The molecule has 25 heavy (non-hydrogen) atoms. The van der Waals surface area contributed by atoms with E-state index in [-0.39, 0.29) is 5.41 Å². The molecule has 0 saturated carbocycles. The molecule has 0 N–H and O–H groups in total. The number of nitrogens with zero attached hydrogens (tertiary/aromatic N) is 2. The van der Waals surface area contributed by atoms with Crippen LogP contribution in [0.1, 0.15) is 24.0 Å². The average Bonchev–Trinajstić information content (AvgIpc) is 2.69. The highest BCUT2D eigenvalue weighted by molar-refractivity contribution is 5.82. The molecular weight excluding hydrogens is 304 g/mol. The molecule has 0 spiro atoms. The lowest BCUT2D eigenvalue weighted by molar-refractivity contribution is 0.179. The van der Waals surface area contributed by atoms with Crippen LogP contribution in [0.15, 0.2) is 72.8 Å². The van der Waals surface area contributed by atoms with Crippen molar-refractivity contribution in [2.75, 3.05) is 13.1 Å². The van der Waals surface area contributed by atoms with Crippen molar-refractivity contribution in [2.45, 2.75) is 24.8 Å². The summed E-state index contributed by atoms with van der Waals surface area (Å²) >= 11 is 0. The van der Waals surface area contributed by atoms with E-state index in [0.29, 0.717) is 0 Å². The smallest absolute Gasteiger partial charge is 0.0846 e. The van der Waals surface area contributed by atoms with E-state index in [9.17, 15) is 5.26 Å². The first kappa shape index (κ1) is 15.9. The van der Waals surface area contributed by atoms with Crippen LogP contribution in [-0.2, 0) is 12.0 Å². The average molecular weight is 326 g/mol. The Morgan fingerprint density at radius 1 is 0.840 bits per heavy atom. The predicted molar refractivity (Wildman–Crippen MR) is 102 cm³/mol. The Morgan fingerprint density at radius 3 is 2.24 bits per heavy atom. The van der Waals surface area contributed by atoms with E-state index in [4.69, 9.17) is 0 Å². The Bertz CT molecular complexity index is 900. The summed E-state index contributed by atoms with van der Waals surface area (Å²) in [5, 5.41) is 12.4. The SMILES string of the molecule is N#CC1(c2ccccc2)CCN(Cc2ccc3ccccc3c2)CC1. The number of fused-ring (bicyclic) bond motifs is 1. The van der Waals surface area contributed by atoms with Crippen molar-refractivity contribution in [1.82, 2.24) is 4.90 Å². The number of rotatable bonds is 3. The van der Waals surface area contributed by atoms with Crippen molar-refractivity contribution in [3.63, 3.8) is 0 Å². The van der Waals surface area contributed by atoms with E-state index in [1.54, 1.807) is 0 Å². The Hall–Kier alpha value is -2.63. The third kappa shape index (κ3) is 3.16. The van der Waals surface area contributed by atoms with E-state index in [1.165, 1.54) is 21.9 Å². The molecule has 1 fully saturated rings. The van der Waals surface area contributed by atoms with Gasteiger partial charge < -0.3 is 0 Å². The van der Waals surface area contributed by atoms with Crippen molar-refractivity contribution < 1.29 is 0 Å². The molecule has 0 unspecified atom stereocenters. The minimum Gasteiger partial charge on any atom is -0.299 e. The van der Waals surface area contributed by atoms with E-state index in [2.05, 4.69) is 65.6 Å². The van der Waals surface area contributed by atoms with Crippen molar-refractivity contribution in [1.29, 1.82) is 5.26 Å². The zero-order valence-corrected chi connectivity index (χ0v) is 14.4. The van der Waals surface area contributed by atoms with Crippen molar-refractivity contribution in [3.8, 4) is 6.07 Å². The molecule has 3 aromatic rings. The minimum absolute atomic E-state index is 0.318. The molecule has 2 nitrogen and oxygen atoms in total. The fourth-order valence-electron chi connectivity index (χ4n) is 3.91. The number of piperidine rings is 1. The number of likely N-dealkylation sites (tertiary alicyclic amines) is 1. The first-order valence-corrected chi connectivity index (χ1v) is 8.96. The van der Waals surface area contributed by atoms with Gasteiger partial charge in [-0.05, 0) is 40.8 Å². The molecule has 0 atom stereocenters. The van der Waals surface area contributed by atoms with Gasteiger partial charge in [0.2, 0.25) is 0 Å². The second-order valence-corrected chi connectivity index (χ2v) is 7.02. The molecule has 1 saturated heterocycles. The van der Waals surface area contributed by atoms with Gasteiger partial charge in [-0.1, -0.05) is 66.7 Å². The van der Waals surface area contributed by atoms with Gasteiger partial charge in [-0.3, -0.25) is 4.90 Å². The number of hydrogen-bond donors (Lipinski definition) is 0. The number of hydrogen-bond acceptors (Lipinski definition) is 2. The van der Waals surface area contributed by atoms with Gasteiger partial charge in [0.1, 0.15) is 0 Å². The molecule has 0 bridgehead atoms. The standard InChI is InChI=1S/C23H22N2/c24-18-23(22-8-2-1-3-9-22)12-14-25(15-13-23)17-19-10-11-20-6-4-5-7-21(20)16-19/h1-11,16H,12-15,17H2. The second-order valence-electron chi connectivity index (χ2n) is 7.02. The van der Waals surface area contributed by atoms with E-state index in [0.717, 1.165) is 32.5 Å². The van der Waals surface area contributed by atoms with Crippen LogP contribution >= 0.6 is 0 Å². The molecule has 1 aliphatic heterocycles. The molecule has 0 radical (unpaired) electrons. The van der Waals surface area contributed by atoms with Crippen LogP contribution in [-0.4, -0.2) is 18.0 Å². The monoisotopic (exact) mass is 326 g/mol. The van der Waals surface area contributed by atoms with Gasteiger partial charge in [0, 0.05) is 19.6 Å². The third-order valence-electron chi connectivity index (χ3n) is 5.47. The lowest BCUT2D eigenvalue weighted by Gasteiger charge is -2.37. The summed E-state index contributed by atoms with van der Waals surface area (Å²) in [4.78, 5) is 2.47. The van der Waals surface area contributed by atoms with Gasteiger partial charge in [-0.25, -0.2) is 0 Å². The van der Waals surface area contributed by atoms with Crippen LogP contribution in [0.2, 0.25) is 0 Å². The van der Waals surface area contributed by atoms with Crippen molar-refractivity contribution in [3.05, 3.63) is 83.9 Å². The summed E-state index contributed by atoms with van der Waals surface area (Å²) in [6, 6.07) is 28.1. The summed E-state index contributed by atoms with van der Waals surface area (Å²) in [5.41, 5.74) is 2.20. The van der Waals surface area contributed by atoms with Crippen LogP contribution in [0, 0.1) is 11.3 Å². The normalized spacial score (nSPS) is 17.2. The lowest BCUT2D eigenvalue weighted by atomic mass is 9.74. The zero-order chi connectivity index (χ0) is 17.1. The Labute approximate surface area is 149 Å². The predicted octanol–water partition coefficient (Wildman–Crippen LogP) is 4.90. The lowest BCUT2D eigenvalue weighted by Crippen LogP contribution is -2.41. The molecule has 2 heteroatoms. The molecule has 0 aliphatic carbocycles. The van der Waals surface area contributed by atoms with Gasteiger partial charge in [0.05, 0.1) is 11.5 Å². The minimum atomic E-state index is -0.318. The van der Waals surface area contributed by atoms with Crippen LogP contribution in [0.4, 0.5) is 0 Å². The molecule has 1 aliphatic rings. The van der Waals surface area contributed by atoms with E-state index < -0.39 is 0 Å². The molecule has 3 aromatic carbocycles. The number of nitriles is 1. The topological polar surface area (TPSA) is 27.0 Å². The maximum atomic E-state index is 9.82. The third-order valence-corrected chi connectivity index (χ3v) is 5.47. The highest BCUT2D eigenvalue weighted by Gasteiger charge is 2.36. The van der Waals surface area contributed by atoms with Crippen LogP contribution < -0.4 is 0 Å². The fourth-order valence-corrected chi connectivity index (χ4v) is 3.91. The van der Waals surface area contributed by atoms with Crippen LogP contribution in [0.25, 0.3) is 10.8 Å². The summed E-state index contributed by atoms with van der Waals surface area (Å²) < 4.78 is 0. The highest BCUT2D eigenvalue weighted by Crippen LogP contribution is 2.35. The molecule has 0 amide bonds. The van der Waals surface area contributed by atoms with E-state index in [1.807, 2.05) is 18.2 Å². The summed E-state index contributed by atoms with van der Waals surface area (Å²) in [6.07, 6.45) is 1.81. The van der Waals surface area contributed by atoms with Crippen LogP contribution in [0.5, 0.6) is 0 Å². The largest absolute Gasteiger partial charge is 0.299 e. The second kappa shape index (κ2) is 6.70. The van der Waals surface area contributed by atoms with Gasteiger partial charge in [-0.2, -0.15) is 5.26 Å². The fraction of sp³-hybridized carbons (Fsp3) is 0.261. The first-order valence-electron chi connectivity index (χ1n) is 8.96. The summed E-state index contributed by atoms with van der Waals surface area (Å²) in [6.45, 7) is 2.89. The Morgan fingerprint density at radius 2 is 1.52 bits per heavy atom. The highest BCUT2D eigenvalue weighted by atomic mass is 15.1. The first-order chi connectivity index (χ1) is 12.3. The Balaban J connectivity index is 1.47. The Kier molecular flexibility index (Phi) is 4.26. The van der Waals surface area contributed by atoms with Gasteiger partial charge in [0.15, 0.2) is 0 Å². The number of benzene rings is 3. The van der Waals surface area contributed by atoms with Crippen LogP contribution in [0.3, 0.4) is 0 Å². The molecule has 124 valence electrons. The van der Waals surface area contributed by atoms with Gasteiger partial charge >= 0.3 is 0 Å². The van der Waals surface area contributed by atoms with Gasteiger partial charge in [0.25, 0.3) is 0 Å². The molecule has 1 heterocycles. The zero-order valence-electron chi connectivity index (χ0n) is 14.4. The van der Waals surface area contributed by atoms with Gasteiger partial charge in [-0.15, -0.1) is 0 Å². The van der Waals surface area contributed by atoms with Crippen molar-refractivity contribution >= 4 is 10.8 Å². The maximum Gasteiger partial charge on any atom is 0.0846 e. The van der Waals surface area contributed by atoms with E-state index >= 15 is 0 Å². The summed E-state index contributed by atoms with van der Waals surface area (Å²) in [7, 11) is 0. The molecule has 4 rings (SSSR count).